The fraction of sp³-hybridized carbons (Fsp3) is 0.462. The fourth-order valence-corrected chi connectivity index (χ4v) is 5.13. The van der Waals surface area contributed by atoms with Crippen LogP contribution in [0, 0.1) is 5.92 Å². The molecule has 188 valence electrons. The molecular weight excluding hydrogens is 489 g/mol. The molecular formula is C26H31Cl2N3O4. The van der Waals surface area contributed by atoms with E-state index in [1.54, 1.807) is 18.2 Å². The summed E-state index contributed by atoms with van der Waals surface area (Å²) >= 11 is 12.5. The van der Waals surface area contributed by atoms with Crippen LogP contribution in [-0.4, -0.2) is 57.6 Å². The van der Waals surface area contributed by atoms with E-state index in [1.165, 1.54) is 0 Å². The second kappa shape index (κ2) is 11.4. The Hall–Kier alpha value is -2.64. The van der Waals surface area contributed by atoms with Crippen molar-refractivity contribution in [3.63, 3.8) is 0 Å². The first-order chi connectivity index (χ1) is 16.5. The number of halogens is 2. The van der Waals surface area contributed by atoms with Crippen molar-refractivity contribution in [1.82, 2.24) is 10.2 Å². The molecule has 1 aromatic carbocycles. The Morgan fingerprint density at radius 1 is 1.29 bits per heavy atom. The highest BCUT2D eigenvalue weighted by atomic mass is 35.5. The second-order valence-corrected chi connectivity index (χ2v) is 10.6. The van der Waals surface area contributed by atoms with Crippen molar-refractivity contribution in [2.24, 2.45) is 10.9 Å². The van der Waals surface area contributed by atoms with Gasteiger partial charge in [-0.25, -0.2) is 0 Å². The first-order valence-corrected chi connectivity index (χ1v) is 12.5. The number of aliphatic carboxylic acids is 1. The Kier molecular flexibility index (Phi) is 8.78. The van der Waals surface area contributed by atoms with Gasteiger partial charge in [0.25, 0.3) is 11.8 Å². The van der Waals surface area contributed by atoms with E-state index in [1.807, 2.05) is 30.0 Å². The highest BCUT2D eigenvalue weighted by Gasteiger charge is 2.44. The van der Waals surface area contributed by atoms with Gasteiger partial charge in [0.05, 0.1) is 11.8 Å². The molecule has 0 aromatic heterocycles. The Bertz CT molecular complexity index is 1080. The zero-order valence-corrected chi connectivity index (χ0v) is 21.7. The van der Waals surface area contributed by atoms with Gasteiger partial charge in [-0.2, -0.15) is 0 Å². The number of rotatable bonds is 10. The largest absolute Gasteiger partial charge is 0.481 e. The highest BCUT2D eigenvalue weighted by Crippen LogP contribution is 2.35. The SMILES string of the molecule is CC(C)CC1(C)N=C(C2=CC(Cl)CC(Cl)=C2)C(=O)N1CCc1ccc(C(=O)NCCC(=O)O)cc1. The zero-order chi connectivity index (χ0) is 25.8. The number of nitrogens with one attached hydrogen (secondary N) is 1. The predicted octanol–water partition coefficient (Wildman–Crippen LogP) is 4.54. The van der Waals surface area contributed by atoms with Crippen LogP contribution >= 0.6 is 23.2 Å². The number of hydrogen-bond donors (Lipinski definition) is 2. The summed E-state index contributed by atoms with van der Waals surface area (Å²) in [6.07, 6.45) is 5.33. The Balaban J connectivity index is 1.71. The maximum atomic E-state index is 13.5. The molecule has 0 radical (unpaired) electrons. The van der Waals surface area contributed by atoms with Crippen LogP contribution in [0.3, 0.4) is 0 Å². The van der Waals surface area contributed by atoms with Gasteiger partial charge in [0, 0.05) is 35.7 Å². The normalized spacial score (nSPS) is 22.1. The summed E-state index contributed by atoms with van der Waals surface area (Å²) in [4.78, 5) is 42.9. The third kappa shape index (κ3) is 6.95. The van der Waals surface area contributed by atoms with Gasteiger partial charge >= 0.3 is 5.97 Å². The van der Waals surface area contributed by atoms with Crippen LogP contribution in [0.15, 0.2) is 52.0 Å². The van der Waals surface area contributed by atoms with Crippen molar-refractivity contribution in [3.8, 4) is 0 Å². The molecule has 0 bridgehead atoms. The van der Waals surface area contributed by atoms with Crippen LogP contribution in [0.25, 0.3) is 0 Å². The number of allylic oxidation sites excluding steroid dienone is 3. The van der Waals surface area contributed by atoms with E-state index >= 15 is 0 Å². The number of benzene rings is 1. The van der Waals surface area contributed by atoms with E-state index in [4.69, 9.17) is 33.3 Å². The van der Waals surface area contributed by atoms with E-state index < -0.39 is 11.6 Å². The molecule has 1 aliphatic heterocycles. The number of carbonyl (C=O) groups is 3. The van der Waals surface area contributed by atoms with E-state index in [0.29, 0.717) is 53.6 Å². The number of carboxylic acids is 1. The lowest BCUT2D eigenvalue weighted by atomic mass is 9.98. The van der Waals surface area contributed by atoms with Crippen molar-refractivity contribution >= 4 is 46.7 Å². The van der Waals surface area contributed by atoms with Gasteiger partial charge in [-0.3, -0.25) is 19.4 Å². The van der Waals surface area contributed by atoms with E-state index in [2.05, 4.69) is 19.2 Å². The topological polar surface area (TPSA) is 99.1 Å². The van der Waals surface area contributed by atoms with Crippen LogP contribution in [0.1, 0.15) is 56.0 Å². The van der Waals surface area contributed by atoms with Gasteiger partial charge in [-0.05, 0) is 49.5 Å². The van der Waals surface area contributed by atoms with E-state index in [-0.39, 0.29) is 30.2 Å². The van der Waals surface area contributed by atoms with Gasteiger partial charge in [0.1, 0.15) is 11.4 Å². The van der Waals surface area contributed by atoms with Crippen LogP contribution < -0.4 is 5.32 Å². The maximum absolute atomic E-state index is 13.5. The molecule has 1 aromatic rings. The summed E-state index contributed by atoms with van der Waals surface area (Å²) in [5.74, 6) is -1.09. The molecule has 2 atom stereocenters. The van der Waals surface area contributed by atoms with Crippen molar-refractivity contribution in [3.05, 3.63) is 58.1 Å². The van der Waals surface area contributed by atoms with Crippen LogP contribution in [0.4, 0.5) is 0 Å². The molecule has 0 fully saturated rings. The van der Waals surface area contributed by atoms with Gasteiger partial charge < -0.3 is 15.3 Å². The molecule has 1 heterocycles. The number of hydrogen-bond acceptors (Lipinski definition) is 4. The van der Waals surface area contributed by atoms with E-state index in [0.717, 1.165) is 5.56 Å². The summed E-state index contributed by atoms with van der Waals surface area (Å²) in [6.45, 7) is 6.73. The van der Waals surface area contributed by atoms with Gasteiger partial charge in [0.2, 0.25) is 0 Å². The molecule has 2 unspecified atom stereocenters. The number of carboxylic acid groups (broad SMARTS) is 1. The quantitative estimate of drug-likeness (QED) is 0.443. The zero-order valence-electron chi connectivity index (χ0n) is 20.2. The molecule has 3 rings (SSSR count). The van der Waals surface area contributed by atoms with Crippen molar-refractivity contribution < 1.29 is 19.5 Å². The Labute approximate surface area is 215 Å². The summed E-state index contributed by atoms with van der Waals surface area (Å²) in [7, 11) is 0. The molecule has 7 nitrogen and oxygen atoms in total. The molecule has 35 heavy (non-hydrogen) atoms. The minimum Gasteiger partial charge on any atom is -0.481 e. The molecule has 9 heteroatoms. The highest BCUT2D eigenvalue weighted by molar-refractivity contribution is 6.48. The summed E-state index contributed by atoms with van der Waals surface area (Å²) in [6, 6.07) is 7.09. The molecule has 0 saturated carbocycles. The average Bonchev–Trinajstić information content (AvgIpc) is 3.00. The van der Waals surface area contributed by atoms with Crippen molar-refractivity contribution in [2.75, 3.05) is 13.1 Å². The minimum absolute atomic E-state index is 0.0745. The molecule has 1 aliphatic carbocycles. The van der Waals surface area contributed by atoms with Gasteiger partial charge in [-0.15, -0.1) is 11.6 Å². The molecule has 2 amide bonds. The van der Waals surface area contributed by atoms with Gasteiger partial charge in [0.15, 0.2) is 0 Å². The summed E-state index contributed by atoms with van der Waals surface area (Å²) in [5, 5.41) is 11.6. The van der Waals surface area contributed by atoms with Crippen LogP contribution in [0.5, 0.6) is 0 Å². The van der Waals surface area contributed by atoms with Crippen molar-refractivity contribution in [1.29, 1.82) is 0 Å². The lowest BCUT2D eigenvalue weighted by Gasteiger charge is -2.34. The smallest absolute Gasteiger partial charge is 0.305 e. The fourth-order valence-electron chi connectivity index (χ4n) is 4.47. The average molecular weight is 520 g/mol. The summed E-state index contributed by atoms with van der Waals surface area (Å²) < 4.78 is 0. The lowest BCUT2D eigenvalue weighted by Crippen LogP contribution is -2.46. The predicted molar refractivity (Wildman–Crippen MR) is 138 cm³/mol. The molecule has 2 aliphatic rings. The van der Waals surface area contributed by atoms with Crippen molar-refractivity contribution in [2.45, 2.75) is 57.5 Å². The number of amides is 2. The maximum Gasteiger partial charge on any atom is 0.305 e. The van der Waals surface area contributed by atoms with E-state index in [9.17, 15) is 14.4 Å². The molecule has 2 N–H and O–H groups in total. The standard InChI is InChI=1S/C26H31Cl2N3O4/c1-16(2)15-26(3)30-23(19-12-20(27)14-21(28)13-19)25(35)31(26)11-9-17-4-6-18(7-5-17)24(34)29-10-8-22(32)33/h4-7,12-13,16,20H,8-11,14-15H2,1-3H3,(H,29,34)(H,32,33). The lowest BCUT2D eigenvalue weighted by molar-refractivity contribution is -0.136. The Morgan fingerprint density at radius 3 is 2.57 bits per heavy atom. The monoisotopic (exact) mass is 519 g/mol. The van der Waals surface area contributed by atoms with Gasteiger partial charge in [-0.1, -0.05) is 43.7 Å². The summed E-state index contributed by atoms with van der Waals surface area (Å²) in [5.41, 5.74) is 1.81. The first kappa shape index (κ1) is 27.0. The first-order valence-electron chi connectivity index (χ1n) is 11.7. The number of carbonyl (C=O) groups excluding carboxylic acids is 2. The molecule has 0 spiro atoms. The number of alkyl halides is 1. The minimum atomic E-state index is -0.963. The van der Waals surface area contributed by atoms with Crippen LogP contribution in [0.2, 0.25) is 0 Å². The Morgan fingerprint density at radius 2 is 1.97 bits per heavy atom. The number of aliphatic imine (C=N–C) groups is 1. The second-order valence-electron chi connectivity index (χ2n) is 9.51. The molecule has 0 saturated heterocycles. The van der Waals surface area contributed by atoms with Crippen LogP contribution in [-0.2, 0) is 16.0 Å². The number of nitrogens with zero attached hydrogens (tertiary/aromatic N) is 2. The third-order valence-corrected chi connectivity index (χ3v) is 6.52. The third-order valence-electron chi connectivity index (χ3n) is 5.98.